The summed E-state index contributed by atoms with van der Waals surface area (Å²) >= 11 is 0. The topological polar surface area (TPSA) is 26.0 Å². The lowest BCUT2D eigenvalue weighted by atomic mass is 10.1. The summed E-state index contributed by atoms with van der Waals surface area (Å²) in [6.07, 6.45) is -1.12. The molecule has 1 aromatic carbocycles. The van der Waals surface area contributed by atoms with Crippen LogP contribution in [0.15, 0.2) is 24.3 Å². The summed E-state index contributed by atoms with van der Waals surface area (Å²) in [6.45, 7) is 0.372. The van der Waals surface area contributed by atoms with Crippen LogP contribution in [0, 0.1) is 5.82 Å². The predicted molar refractivity (Wildman–Crippen MR) is 54.1 cm³/mol. The number of rotatable bonds is 3. The van der Waals surface area contributed by atoms with E-state index in [-0.39, 0.29) is 5.56 Å². The van der Waals surface area contributed by atoms with Gasteiger partial charge < -0.3 is 5.73 Å². The van der Waals surface area contributed by atoms with E-state index >= 15 is 0 Å². The van der Waals surface area contributed by atoms with Crippen molar-refractivity contribution in [2.75, 3.05) is 6.54 Å². The van der Waals surface area contributed by atoms with Crippen molar-refractivity contribution in [3.63, 3.8) is 0 Å². The average molecular weight is 233 g/mol. The van der Waals surface area contributed by atoms with Gasteiger partial charge in [0.2, 0.25) is 0 Å². The van der Waals surface area contributed by atoms with Crippen molar-refractivity contribution in [2.24, 2.45) is 5.73 Å². The second-order valence-electron chi connectivity index (χ2n) is 3.21. The van der Waals surface area contributed by atoms with Crippen LogP contribution in [0.4, 0.5) is 17.6 Å². The van der Waals surface area contributed by atoms with Crippen LogP contribution in [-0.2, 0) is 6.18 Å². The minimum Gasteiger partial charge on any atom is -0.330 e. The zero-order valence-electron chi connectivity index (χ0n) is 8.39. The minimum atomic E-state index is -4.45. The minimum absolute atomic E-state index is 0.0803. The molecule has 0 aliphatic rings. The molecule has 0 unspecified atom stereocenters. The first-order chi connectivity index (χ1) is 7.45. The van der Waals surface area contributed by atoms with Gasteiger partial charge in [-0.05, 0) is 31.2 Å². The largest absolute Gasteiger partial charge is 0.416 e. The van der Waals surface area contributed by atoms with Crippen LogP contribution in [0.3, 0.4) is 0 Å². The maximum atomic E-state index is 13.1. The Kier molecular flexibility index (Phi) is 4.06. The Morgan fingerprint density at radius 1 is 1.25 bits per heavy atom. The molecule has 88 valence electrons. The first-order valence-corrected chi connectivity index (χ1v) is 4.68. The molecule has 0 saturated heterocycles. The third-order valence-corrected chi connectivity index (χ3v) is 1.95. The van der Waals surface area contributed by atoms with Gasteiger partial charge in [0.25, 0.3) is 0 Å². The molecule has 1 aromatic rings. The van der Waals surface area contributed by atoms with Crippen LogP contribution < -0.4 is 5.73 Å². The summed E-state index contributed by atoms with van der Waals surface area (Å²) in [4.78, 5) is 0. The molecular weight excluding hydrogens is 222 g/mol. The van der Waals surface area contributed by atoms with E-state index in [1.54, 1.807) is 6.08 Å². The van der Waals surface area contributed by atoms with Crippen LogP contribution in [0.25, 0.3) is 6.08 Å². The van der Waals surface area contributed by atoms with Gasteiger partial charge in [-0.25, -0.2) is 4.39 Å². The highest BCUT2D eigenvalue weighted by Gasteiger charge is 2.30. The maximum absolute atomic E-state index is 13.1. The fourth-order valence-corrected chi connectivity index (χ4v) is 1.15. The molecular formula is C11H11F4N. The smallest absolute Gasteiger partial charge is 0.330 e. The Morgan fingerprint density at radius 2 is 1.94 bits per heavy atom. The lowest BCUT2D eigenvalue weighted by Crippen LogP contribution is -2.05. The van der Waals surface area contributed by atoms with E-state index < -0.39 is 17.6 Å². The van der Waals surface area contributed by atoms with Gasteiger partial charge in [0.15, 0.2) is 0 Å². The first-order valence-electron chi connectivity index (χ1n) is 4.68. The highest BCUT2D eigenvalue weighted by Crippen LogP contribution is 2.30. The third-order valence-electron chi connectivity index (χ3n) is 1.95. The quantitative estimate of drug-likeness (QED) is 0.797. The number of hydrogen-bond acceptors (Lipinski definition) is 1. The zero-order valence-corrected chi connectivity index (χ0v) is 8.39. The number of alkyl halides is 3. The number of nitrogens with two attached hydrogens (primary N) is 1. The van der Waals surface area contributed by atoms with Crippen LogP contribution in [0.2, 0.25) is 0 Å². The molecule has 0 aromatic heterocycles. The Morgan fingerprint density at radius 3 is 2.50 bits per heavy atom. The van der Waals surface area contributed by atoms with Crippen molar-refractivity contribution in [1.29, 1.82) is 0 Å². The van der Waals surface area contributed by atoms with Crippen LogP contribution >= 0.6 is 0 Å². The monoisotopic (exact) mass is 233 g/mol. The number of hydrogen-bond donors (Lipinski definition) is 1. The van der Waals surface area contributed by atoms with Gasteiger partial charge in [0.1, 0.15) is 5.82 Å². The van der Waals surface area contributed by atoms with Crippen LogP contribution in [0.5, 0.6) is 0 Å². The third kappa shape index (κ3) is 3.34. The second-order valence-corrected chi connectivity index (χ2v) is 3.21. The van der Waals surface area contributed by atoms with Crippen molar-refractivity contribution in [2.45, 2.75) is 12.6 Å². The standard InChI is InChI=1S/C11H11F4N/c12-10-5-4-9(11(13,14)15)7-8(10)3-1-2-6-16/h1,3-5,7H,2,6,16H2. The van der Waals surface area contributed by atoms with E-state index in [0.29, 0.717) is 13.0 Å². The Hall–Kier alpha value is -1.36. The van der Waals surface area contributed by atoms with Crippen molar-refractivity contribution < 1.29 is 17.6 Å². The summed E-state index contributed by atoms with van der Waals surface area (Å²) in [5, 5.41) is 0. The molecule has 0 radical (unpaired) electrons. The van der Waals surface area contributed by atoms with Crippen molar-refractivity contribution in [3.05, 3.63) is 41.2 Å². The Balaban J connectivity index is 3.00. The molecule has 0 aliphatic heterocycles. The molecule has 0 heterocycles. The lowest BCUT2D eigenvalue weighted by Gasteiger charge is -2.07. The van der Waals surface area contributed by atoms with E-state index in [4.69, 9.17) is 5.73 Å². The molecule has 1 nitrogen and oxygen atoms in total. The van der Waals surface area contributed by atoms with Gasteiger partial charge in [-0.1, -0.05) is 12.2 Å². The number of benzene rings is 1. The van der Waals surface area contributed by atoms with Gasteiger partial charge >= 0.3 is 6.18 Å². The predicted octanol–water partition coefficient (Wildman–Crippen LogP) is 3.21. The molecule has 16 heavy (non-hydrogen) atoms. The summed E-state index contributed by atoms with van der Waals surface area (Å²) in [5.74, 6) is -0.679. The van der Waals surface area contributed by atoms with Gasteiger partial charge in [0, 0.05) is 5.56 Å². The fourth-order valence-electron chi connectivity index (χ4n) is 1.15. The van der Waals surface area contributed by atoms with Crippen molar-refractivity contribution in [3.8, 4) is 0 Å². The fraction of sp³-hybridized carbons (Fsp3) is 0.273. The van der Waals surface area contributed by atoms with Gasteiger partial charge in [-0.15, -0.1) is 0 Å². The molecule has 0 bridgehead atoms. The average Bonchev–Trinajstić information content (AvgIpc) is 2.19. The van der Waals surface area contributed by atoms with Gasteiger partial charge in [-0.3, -0.25) is 0 Å². The van der Waals surface area contributed by atoms with Crippen molar-refractivity contribution >= 4 is 6.08 Å². The molecule has 5 heteroatoms. The van der Waals surface area contributed by atoms with Crippen LogP contribution in [-0.4, -0.2) is 6.54 Å². The summed E-state index contributed by atoms with van der Waals surface area (Å²) in [6, 6.07) is 2.31. The van der Waals surface area contributed by atoms with Gasteiger partial charge in [0.05, 0.1) is 5.56 Å². The molecule has 2 N–H and O–H groups in total. The highest BCUT2D eigenvalue weighted by atomic mass is 19.4. The first kappa shape index (κ1) is 12.7. The SMILES string of the molecule is NCCC=Cc1cc(C(F)(F)F)ccc1F. The molecule has 0 amide bonds. The van der Waals surface area contributed by atoms with E-state index in [9.17, 15) is 17.6 Å². The molecule has 1 rings (SSSR count). The Labute approximate surface area is 90.6 Å². The van der Waals surface area contributed by atoms with E-state index in [0.717, 1.165) is 18.2 Å². The maximum Gasteiger partial charge on any atom is 0.416 e. The second kappa shape index (κ2) is 5.12. The van der Waals surface area contributed by atoms with E-state index in [1.165, 1.54) is 6.08 Å². The van der Waals surface area contributed by atoms with Crippen molar-refractivity contribution in [1.82, 2.24) is 0 Å². The Bertz CT molecular complexity index is 382. The highest BCUT2D eigenvalue weighted by molar-refractivity contribution is 5.51. The summed E-state index contributed by atoms with van der Waals surface area (Å²) in [5.41, 5.74) is 4.26. The summed E-state index contributed by atoms with van der Waals surface area (Å²) in [7, 11) is 0. The molecule has 0 saturated carbocycles. The lowest BCUT2D eigenvalue weighted by molar-refractivity contribution is -0.137. The molecule has 0 spiro atoms. The summed E-state index contributed by atoms with van der Waals surface area (Å²) < 4.78 is 50.1. The zero-order chi connectivity index (χ0) is 12.2. The van der Waals surface area contributed by atoms with E-state index in [1.807, 2.05) is 0 Å². The van der Waals surface area contributed by atoms with Gasteiger partial charge in [-0.2, -0.15) is 13.2 Å². The van der Waals surface area contributed by atoms with E-state index in [2.05, 4.69) is 0 Å². The number of halogens is 4. The molecule has 0 aliphatic carbocycles. The molecule has 0 fully saturated rings. The molecule has 0 atom stereocenters. The van der Waals surface area contributed by atoms with Crippen LogP contribution in [0.1, 0.15) is 17.5 Å². The normalized spacial score (nSPS) is 12.3.